The maximum absolute atomic E-state index is 5.26. The minimum absolute atomic E-state index is 0.382. The zero-order valence-electron chi connectivity index (χ0n) is 4.97. The van der Waals surface area contributed by atoms with Crippen LogP contribution in [0.2, 0.25) is 0 Å². The molecule has 1 aliphatic rings. The number of rotatable bonds is 2. The largest absolute Gasteiger partial charge is 0.580 e. The second-order valence-corrected chi connectivity index (χ2v) is 2.04. The molecular weight excluding hydrogens is 104 g/mol. The van der Waals surface area contributed by atoms with Crippen molar-refractivity contribution in [3.05, 3.63) is 7.11 Å². The van der Waals surface area contributed by atoms with Crippen LogP contribution in [-0.4, -0.2) is 24.1 Å². The lowest BCUT2D eigenvalue weighted by atomic mass is 10.2. The summed E-state index contributed by atoms with van der Waals surface area (Å²) >= 11 is 0. The standard InChI is InChI=1S/C6H12O2/c1-7-5-6-3-2-4-8-6/h6-7H,1-5H2. The van der Waals surface area contributed by atoms with E-state index in [1.807, 2.05) is 0 Å². The lowest BCUT2D eigenvalue weighted by Crippen LogP contribution is -2.13. The first-order chi connectivity index (χ1) is 3.93. The van der Waals surface area contributed by atoms with E-state index in [0.29, 0.717) is 6.10 Å². The van der Waals surface area contributed by atoms with Crippen LogP contribution in [-0.2, 0) is 4.74 Å². The summed E-state index contributed by atoms with van der Waals surface area (Å²) in [6, 6.07) is 0. The van der Waals surface area contributed by atoms with Gasteiger partial charge in [0.05, 0.1) is 0 Å². The molecule has 8 heavy (non-hydrogen) atoms. The van der Waals surface area contributed by atoms with Crippen molar-refractivity contribution in [3.63, 3.8) is 0 Å². The third-order valence-electron chi connectivity index (χ3n) is 1.36. The Balaban J connectivity index is 2.06. The van der Waals surface area contributed by atoms with E-state index in [0.717, 1.165) is 13.2 Å². The van der Waals surface area contributed by atoms with Gasteiger partial charge in [-0.25, -0.2) is 0 Å². The van der Waals surface area contributed by atoms with Gasteiger partial charge in [-0.3, -0.25) is 0 Å². The molecule has 1 N–H and O–H groups in total. The van der Waals surface area contributed by atoms with Gasteiger partial charge in [0.2, 0.25) is 0 Å². The van der Waals surface area contributed by atoms with E-state index in [2.05, 4.69) is 11.8 Å². The van der Waals surface area contributed by atoms with Crippen molar-refractivity contribution in [1.82, 2.24) is 0 Å². The number of hydrogen-bond donors (Lipinski definition) is 0. The van der Waals surface area contributed by atoms with Gasteiger partial charge < -0.3 is 9.47 Å². The van der Waals surface area contributed by atoms with Gasteiger partial charge >= 0.3 is 0 Å². The third kappa shape index (κ3) is 1.46. The number of aliphatic hydroxyl groups is 2. The average Bonchev–Trinajstić information content (AvgIpc) is 2.19. The Bertz CT molecular complexity index is 57.5. The first-order valence-electron chi connectivity index (χ1n) is 2.97. The molecule has 48 valence electrons. The highest BCUT2D eigenvalue weighted by Gasteiger charge is 2.15. The van der Waals surface area contributed by atoms with Gasteiger partial charge in [0.15, 0.2) is 0 Å². The van der Waals surface area contributed by atoms with Crippen molar-refractivity contribution < 1.29 is 9.47 Å². The summed E-state index contributed by atoms with van der Waals surface area (Å²) in [5.41, 5.74) is 0. The Hall–Kier alpha value is -0.0800. The Morgan fingerprint density at radius 2 is 2.62 bits per heavy atom. The zero-order valence-corrected chi connectivity index (χ0v) is 4.97. The Labute approximate surface area is 49.8 Å². The maximum atomic E-state index is 5.26. The molecule has 1 rings (SSSR count). The Morgan fingerprint density at radius 3 is 3.12 bits per heavy atom. The first-order valence-corrected chi connectivity index (χ1v) is 2.97. The molecule has 0 radical (unpaired) electrons. The molecular formula is C6H12O2. The van der Waals surface area contributed by atoms with Crippen LogP contribution in [0.5, 0.6) is 0 Å². The summed E-state index contributed by atoms with van der Waals surface area (Å²) in [6.07, 6.45) is 2.74. The van der Waals surface area contributed by atoms with Gasteiger partial charge in [0.25, 0.3) is 0 Å². The molecule has 1 atom stereocenters. The minimum atomic E-state index is 0.382. The SMILES string of the molecule is [CH2-][OH+]CC1CCCO1. The molecule has 0 amide bonds. The fourth-order valence-electron chi connectivity index (χ4n) is 0.932. The summed E-state index contributed by atoms with van der Waals surface area (Å²) in [4.78, 5) is 0. The molecule has 0 saturated carbocycles. The fraction of sp³-hybridized carbons (Fsp3) is 0.833. The molecule has 2 nitrogen and oxygen atoms in total. The smallest absolute Gasteiger partial charge is 0.146 e. The van der Waals surface area contributed by atoms with Gasteiger partial charge in [-0.05, 0) is 12.8 Å². The zero-order chi connectivity index (χ0) is 5.82. The summed E-state index contributed by atoms with van der Waals surface area (Å²) in [6.45, 7) is 1.69. The summed E-state index contributed by atoms with van der Waals surface area (Å²) < 4.78 is 9.00. The number of ether oxygens (including phenoxy) is 2. The van der Waals surface area contributed by atoms with Crippen molar-refractivity contribution >= 4 is 0 Å². The van der Waals surface area contributed by atoms with E-state index in [-0.39, 0.29) is 0 Å². The van der Waals surface area contributed by atoms with E-state index in [1.165, 1.54) is 12.8 Å². The summed E-state index contributed by atoms with van der Waals surface area (Å²) in [5, 5.41) is 0. The quantitative estimate of drug-likeness (QED) is 0.380. The molecule has 0 aliphatic carbocycles. The molecule has 0 aromatic heterocycles. The van der Waals surface area contributed by atoms with Gasteiger partial charge in [-0.2, -0.15) is 0 Å². The highest BCUT2D eigenvalue weighted by Crippen LogP contribution is 2.10. The fourth-order valence-corrected chi connectivity index (χ4v) is 0.932. The van der Waals surface area contributed by atoms with Crippen molar-refractivity contribution in [2.75, 3.05) is 13.2 Å². The van der Waals surface area contributed by atoms with Crippen LogP contribution in [0.15, 0.2) is 0 Å². The molecule has 0 aromatic carbocycles. The molecule has 1 heterocycles. The average molecular weight is 116 g/mol. The van der Waals surface area contributed by atoms with Crippen LogP contribution < -0.4 is 0 Å². The minimum Gasteiger partial charge on any atom is -0.580 e. The highest BCUT2D eigenvalue weighted by molar-refractivity contribution is 4.62. The van der Waals surface area contributed by atoms with E-state index in [9.17, 15) is 0 Å². The molecule has 0 bridgehead atoms. The predicted molar refractivity (Wildman–Crippen MR) is 31.4 cm³/mol. The van der Waals surface area contributed by atoms with Crippen LogP contribution in [0.3, 0.4) is 0 Å². The Kier molecular flexibility index (Phi) is 2.30. The molecule has 1 aliphatic heterocycles. The van der Waals surface area contributed by atoms with Crippen LogP contribution in [0, 0.1) is 7.11 Å². The van der Waals surface area contributed by atoms with Crippen LogP contribution in [0.25, 0.3) is 0 Å². The second kappa shape index (κ2) is 3.05. The van der Waals surface area contributed by atoms with Crippen molar-refractivity contribution in [3.8, 4) is 0 Å². The molecule has 2 heteroatoms. The molecule has 0 spiro atoms. The normalized spacial score (nSPS) is 28.9. The maximum Gasteiger partial charge on any atom is 0.146 e. The van der Waals surface area contributed by atoms with Crippen molar-refractivity contribution in [2.45, 2.75) is 18.9 Å². The highest BCUT2D eigenvalue weighted by atomic mass is 16.5. The van der Waals surface area contributed by atoms with Gasteiger partial charge in [-0.1, -0.05) is 7.11 Å². The van der Waals surface area contributed by atoms with E-state index in [1.54, 1.807) is 0 Å². The van der Waals surface area contributed by atoms with Gasteiger partial charge in [0.1, 0.15) is 12.7 Å². The number of hydrogen-bond acceptors (Lipinski definition) is 1. The van der Waals surface area contributed by atoms with E-state index >= 15 is 0 Å². The van der Waals surface area contributed by atoms with Gasteiger partial charge in [-0.15, -0.1) is 0 Å². The van der Waals surface area contributed by atoms with E-state index < -0.39 is 0 Å². The Morgan fingerprint density at radius 1 is 1.75 bits per heavy atom. The lowest BCUT2D eigenvalue weighted by Gasteiger charge is -2.05. The monoisotopic (exact) mass is 116 g/mol. The predicted octanol–water partition coefficient (Wildman–Crippen LogP) is 0.485. The van der Waals surface area contributed by atoms with Crippen LogP contribution >= 0.6 is 0 Å². The molecule has 1 unspecified atom stereocenters. The van der Waals surface area contributed by atoms with Crippen molar-refractivity contribution in [2.24, 2.45) is 0 Å². The van der Waals surface area contributed by atoms with Gasteiger partial charge in [0, 0.05) is 6.61 Å². The summed E-state index contributed by atoms with van der Waals surface area (Å²) in [7, 11) is 3.39. The second-order valence-electron chi connectivity index (χ2n) is 2.04. The van der Waals surface area contributed by atoms with Crippen molar-refractivity contribution in [1.29, 1.82) is 0 Å². The van der Waals surface area contributed by atoms with Crippen LogP contribution in [0.1, 0.15) is 12.8 Å². The molecule has 1 fully saturated rings. The first kappa shape index (κ1) is 6.05. The molecule has 0 aromatic rings. The third-order valence-corrected chi connectivity index (χ3v) is 1.36. The van der Waals surface area contributed by atoms with E-state index in [4.69, 9.17) is 4.74 Å². The lowest BCUT2D eigenvalue weighted by molar-refractivity contribution is -0.0299. The summed E-state index contributed by atoms with van der Waals surface area (Å²) in [5.74, 6) is 0. The topological polar surface area (TPSA) is 22.0 Å². The molecule has 1 saturated heterocycles. The van der Waals surface area contributed by atoms with Crippen LogP contribution in [0.4, 0.5) is 0 Å².